The first-order valence-electron chi connectivity index (χ1n) is 7.47. The van der Waals surface area contributed by atoms with Crippen LogP contribution >= 0.6 is 0 Å². The molecule has 2 heteroatoms. The second-order valence-electron chi connectivity index (χ2n) is 5.63. The van der Waals surface area contributed by atoms with Crippen molar-refractivity contribution in [3.05, 3.63) is 35.4 Å². The summed E-state index contributed by atoms with van der Waals surface area (Å²) in [4.78, 5) is 0. The molecule has 0 heterocycles. The largest absolute Gasteiger partial charge is 0.395 e. The summed E-state index contributed by atoms with van der Waals surface area (Å²) < 4.78 is 0. The number of aliphatic hydroxyl groups excluding tert-OH is 2. The van der Waals surface area contributed by atoms with Gasteiger partial charge in [0.15, 0.2) is 0 Å². The third-order valence-electron chi connectivity index (χ3n) is 3.99. The van der Waals surface area contributed by atoms with E-state index in [0.717, 1.165) is 18.4 Å². The van der Waals surface area contributed by atoms with Crippen LogP contribution < -0.4 is 0 Å². The molecule has 0 saturated heterocycles. The zero-order valence-corrected chi connectivity index (χ0v) is 12.4. The molecule has 2 nitrogen and oxygen atoms in total. The molecule has 19 heavy (non-hydrogen) atoms. The van der Waals surface area contributed by atoms with Gasteiger partial charge in [0.2, 0.25) is 0 Å². The highest BCUT2D eigenvalue weighted by atomic mass is 16.3. The molecular weight excluding hydrogens is 236 g/mol. The number of hydrogen-bond donors (Lipinski definition) is 2. The number of aliphatic hydroxyl groups is 2. The molecule has 0 aliphatic heterocycles. The summed E-state index contributed by atoms with van der Waals surface area (Å²) in [5.74, 6) is 0. The van der Waals surface area contributed by atoms with E-state index in [-0.39, 0.29) is 13.2 Å². The van der Waals surface area contributed by atoms with Crippen LogP contribution in [0.5, 0.6) is 0 Å². The molecule has 0 aliphatic carbocycles. The fourth-order valence-electron chi connectivity index (χ4n) is 2.58. The Morgan fingerprint density at radius 1 is 1.00 bits per heavy atom. The minimum atomic E-state index is -0.474. The Morgan fingerprint density at radius 2 is 1.68 bits per heavy atom. The Balaban J connectivity index is 2.68. The third-order valence-corrected chi connectivity index (χ3v) is 3.99. The first-order valence-corrected chi connectivity index (χ1v) is 7.47. The lowest BCUT2D eigenvalue weighted by molar-refractivity contribution is 0.107. The van der Waals surface area contributed by atoms with Crippen molar-refractivity contribution in [1.29, 1.82) is 0 Å². The van der Waals surface area contributed by atoms with Crippen molar-refractivity contribution in [2.24, 2.45) is 0 Å². The van der Waals surface area contributed by atoms with Crippen LogP contribution in [0.15, 0.2) is 24.3 Å². The molecule has 1 rings (SSSR count). The molecule has 0 aromatic heterocycles. The lowest BCUT2D eigenvalue weighted by Crippen LogP contribution is -2.35. The average Bonchev–Trinajstić information content (AvgIpc) is 2.43. The smallest absolute Gasteiger partial charge is 0.0550 e. The fourth-order valence-corrected chi connectivity index (χ4v) is 2.58. The number of hydrogen-bond acceptors (Lipinski definition) is 2. The van der Waals surface area contributed by atoms with Gasteiger partial charge in [-0.15, -0.1) is 0 Å². The van der Waals surface area contributed by atoms with E-state index in [2.05, 4.69) is 13.0 Å². The van der Waals surface area contributed by atoms with Gasteiger partial charge in [-0.25, -0.2) is 0 Å². The molecule has 0 bridgehead atoms. The molecule has 1 aromatic carbocycles. The van der Waals surface area contributed by atoms with Crippen molar-refractivity contribution in [1.82, 2.24) is 0 Å². The zero-order valence-electron chi connectivity index (χ0n) is 12.4. The SMILES string of the molecule is CCCCCCCC(CO)(CO)c1cccc(C)c1. The molecule has 0 spiro atoms. The van der Waals surface area contributed by atoms with Gasteiger partial charge in [-0.3, -0.25) is 0 Å². The fraction of sp³-hybridized carbons (Fsp3) is 0.647. The molecule has 0 radical (unpaired) electrons. The highest BCUT2D eigenvalue weighted by Gasteiger charge is 2.30. The van der Waals surface area contributed by atoms with E-state index in [0.29, 0.717) is 0 Å². The molecule has 0 unspecified atom stereocenters. The lowest BCUT2D eigenvalue weighted by atomic mass is 9.77. The van der Waals surface area contributed by atoms with Gasteiger partial charge < -0.3 is 10.2 Å². The predicted octanol–water partition coefficient (Wildman–Crippen LogP) is 3.58. The number of aryl methyl sites for hydroxylation is 1. The van der Waals surface area contributed by atoms with E-state index >= 15 is 0 Å². The Morgan fingerprint density at radius 3 is 2.26 bits per heavy atom. The monoisotopic (exact) mass is 264 g/mol. The van der Waals surface area contributed by atoms with Crippen molar-refractivity contribution < 1.29 is 10.2 Å². The van der Waals surface area contributed by atoms with Crippen LogP contribution in [-0.2, 0) is 5.41 Å². The van der Waals surface area contributed by atoms with Gasteiger partial charge in [0, 0.05) is 5.41 Å². The molecule has 0 atom stereocenters. The highest BCUT2D eigenvalue weighted by molar-refractivity contribution is 5.30. The topological polar surface area (TPSA) is 40.5 Å². The van der Waals surface area contributed by atoms with Crippen LogP contribution in [0.25, 0.3) is 0 Å². The van der Waals surface area contributed by atoms with Gasteiger partial charge in [0.25, 0.3) is 0 Å². The maximum Gasteiger partial charge on any atom is 0.0550 e. The van der Waals surface area contributed by atoms with E-state index in [1.54, 1.807) is 0 Å². The normalized spacial score (nSPS) is 11.8. The van der Waals surface area contributed by atoms with Gasteiger partial charge in [-0.2, -0.15) is 0 Å². The Bertz CT molecular complexity index is 356. The van der Waals surface area contributed by atoms with E-state index in [1.165, 1.54) is 31.2 Å². The minimum absolute atomic E-state index is 0.0146. The standard InChI is InChI=1S/C17H28O2/c1-3-4-5-6-7-11-17(13-18,14-19)16-10-8-9-15(2)12-16/h8-10,12,18-19H,3-7,11,13-14H2,1-2H3. The van der Waals surface area contributed by atoms with E-state index in [9.17, 15) is 10.2 Å². The summed E-state index contributed by atoms with van der Waals surface area (Å²) in [7, 11) is 0. The molecule has 0 amide bonds. The summed E-state index contributed by atoms with van der Waals surface area (Å²) >= 11 is 0. The number of unbranched alkanes of at least 4 members (excludes halogenated alkanes) is 4. The number of rotatable bonds is 9. The molecule has 0 fully saturated rings. The van der Waals surface area contributed by atoms with Crippen molar-refractivity contribution >= 4 is 0 Å². The zero-order chi connectivity index (χ0) is 14.1. The van der Waals surface area contributed by atoms with Gasteiger partial charge in [0.05, 0.1) is 13.2 Å². The summed E-state index contributed by atoms with van der Waals surface area (Å²) in [6.07, 6.45) is 6.86. The molecule has 0 saturated carbocycles. The molecular formula is C17H28O2. The first kappa shape index (κ1) is 16.2. The van der Waals surface area contributed by atoms with Crippen molar-refractivity contribution in [3.63, 3.8) is 0 Å². The van der Waals surface area contributed by atoms with Crippen molar-refractivity contribution in [2.45, 2.75) is 57.8 Å². The van der Waals surface area contributed by atoms with Crippen LogP contribution in [0.2, 0.25) is 0 Å². The molecule has 108 valence electrons. The van der Waals surface area contributed by atoms with E-state index < -0.39 is 5.41 Å². The summed E-state index contributed by atoms with van der Waals surface area (Å²) in [5, 5.41) is 19.5. The second-order valence-corrected chi connectivity index (χ2v) is 5.63. The quantitative estimate of drug-likeness (QED) is 0.669. The van der Waals surface area contributed by atoms with E-state index in [4.69, 9.17) is 0 Å². The number of benzene rings is 1. The predicted molar refractivity (Wildman–Crippen MR) is 80.4 cm³/mol. The third kappa shape index (κ3) is 4.63. The molecule has 2 N–H and O–H groups in total. The van der Waals surface area contributed by atoms with Gasteiger partial charge in [-0.05, 0) is 18.9 Å². The molecule has 0 aliphatic rings. The van der Waals surface area contributed by atoms with Gasteiger partial charge in [0.1, 0.15) is 0 Å². The average molecular weight is 264 g/mol. The van der Waals surface area contributed by atoms with Crippen LogP contribution in [0.1, 0.15) is 56.6 Å². The van der Waals surface area contributed by atoms with Crippen LogP contribution in [0.3, 0.4) is 0 Å². The van der Waals surface area contributed by atoms with E-state index in [1.807, 2.05) is 25.1 Å². The lowest BCUT2D eigenvalue weighted by Gasteiger charge is -2.31. The summed E-state index contributed by atoms with van der Waals surface area (Å²) in [6, 6.07) is 8.15. The Hall–Kier alpha value is -0.860. The maximum absolute atomic E-state index is 9.76. The minimum Gasteiger partial charge on any atom is -0.395 e. The maximum atomic E-state index is 9.76. The van der Waals surface area contributed by atoms with Crippen LogP contribution in [-0.4, -0.2) is 23.4 Å². The second kappa shape index (κ2) is 8.34. The highest BCUT2D eigenvalue weighted by Crippen LogP contribution is 2.30. The van der Waals surface area contributed by atoms with Crippen LogP contribution in [0, 0.1) is 6.92 Å². The molecule has 1 aromatic rings. The van der Waals surface area contributed by atoms with Gasteiger partial charge in [-0.1, -0.05) is 68.9 Å². The summed E-state index contributed by atoms with van der Waals surface area (Å²) in [5.41, 5.74) is 1.76. The first-order chi connectivity index (χ1) is 9.18. The Labute approximate surface area is 117 Å². The van der Waals surface area contributed by atoms with Gasteiger partial charge >= 0.3 is 0 Å². The van der Waals surface area contributed by atoms with Crippen LogP contribution in [0.4, 0.5) is 0 Å². The van der Waals surface area contributed by atoms with Crippen molar-refractivity contribution in [2.75, 3.05) is 13.2 Å². The summed E-state index contributed by atoms with van der Waals surface area (Å²) in [6.45, 7) is 4.28. The van der Waals surface area contributed by atoms with Crippen molar-refractivity contribution in [3.8, 4) is 0 Å². The Kier molecular flexibility index (Phi) is 7.11.